The zero-order chi connectivity index (χ0) is 23.6. The van der Waals surface area contributed by atoms with E-state index in [0.717, 1.165) is 0 Å². The molecule has 0 aliphatic carbocycles. The summed E-state index contributed by atoms with van der Waals surface area (Å²) in [7, 11) is 2.76. The molecule has 8 nitrogen and oxygen atoms in total. The van der Waals surface area contributed by atoms with Crippen LogP contribution in [0.4, 0.5) is 0 Å². The maximum atomic E-state index is 12.1. The van der Waals surface area contributed by atoms with Crippen LogP contribution in [-0.4, -0.2) is 57.0 Å². The van der Waals surface area contributed by atoms with Crippen molar-refractivity contribution < 1.29 is 28.5 Å². The quantitative estimate of drug-likeness (QED) is 0.267. The molecule has 1 heterocycles. The van der Waals surface area contributed by atoms with Crippen LogP contribution in [0.25, 0.3) is 0 Å². The molecule has 0 unspecified atom stereocenters. The molecule has 1 aliphatic rings. The molecule has 1 saturated heterocycles. The summed E-state index contributed by atoms with van der Waals surface area (Å²) < 4.78 is 21.9. The lowest BCUT2D eigenvalue weighted by atomic mass is 10.2. The van der Waals surface area contributed by atoms with Gasteiger partial charge in [0.05, 0.1) is 25.0 Å². The van der Waals surface area contributed by atoms with E-state index in [1.807, 2.05) is 47.8 Å². The van der Waals surface area contributed by atoms with E-state index in [1.54, 1.807) is 12.1 Å². The van der Waals surface area contributed by atoms with Crippen molar-refractivity contribution in [3.63, 3.8) is 0 Å². The van der Waals surface area contributed by atoms with Crippen molar-refractivity contribution in [2.75, 3.05) is 38.9 Å². The summed E-state index contributed by atoms with van der Waals surface area (Å²) in [6.07, 6.45) is 1.46. The smallest absolute Gasteiger partial charge is 0.343 e. The number of amides is 1. The Balaban J connectivity index is 1.50. The number of hydrogen-bond acceptors (Lipinski definition) is 9. The summed E-state index contributed by atoms with van der Waals surface area (Å²) in [6, 6.07) is 11.1. The number of methoxy groups -OCH3 is 2. The second-order valence-electron chi connectivity index (χ2n) is 6.61. The summed E-state index contributed by atoms with van der Waals surface area (Å²) in [4.78, 5) is 23.3. The fourth-order valence-corrected chi connectivity index (χ4v) is 6.03. The van der Waals surface area contributed by atoms with Gasteiger partial charge >= 0.3 is 5.97 Å². The monoisotopic (exact) mass is 554 g/mol. The first-order valence-electron chi connectivity index (χ1n) is 9.85. The van der Waals surface area contributed by atoms with E-state index in [1.165, 1.54) is 37.5 Å². The van der Waals surface area contributed by atoms with Crippen LogP contribution < -0.4 is 19.6 Å². The molecule has 11 heteroatoms. The molecule has 3 rings (SSSR count). The molecule has 1 aliphatic heterocycles. The van der Waals surface area contributed by atoms with E-state index in [-0.39, 0.29) is 13.2 Å². The lowest BCUT2D eigenvalue weighted by Crippen LogP contribution is -2.24. The molecule has 1 amide bonds. The standard InChI is InChI=1S/C22H23BrN2O6S2/c1-28-18-9-15(17(23)10-19(18)31-13-21(27)29-2)11-24-25-20(26)12-30-16-5-3-14(4-6-16)22-32-7-8-33-22/h3-6,9-11,22H,7-8,12-13H2,1-2H3,(H,25,26)/b24-11-. The number of esters is 1. The Morgan fingerprint density at radius 1 is 1.09 bits per heavy atom. The normalized spacial score (nSPS) is 13.7. The van der Waals surface area contributed by atoms with Crippen LogP contribution in [0.1, 0.15) is 15.7 Å². The second kappa shape index (κ2) is 12.8. The van der Waals surface area contributed by atoms with Crippen LogP contribution in [0.5, 0.6) is 17.2 Å². The summed E-state index contributed by atoms with van der Waals surface area (Å²) in [5.74, 6) is 2.83. The van der Waals surface area contributed by atoms with Gasteiger partial charge in [-0.05, 0) is 45.8 Å². The van der Waals surface area contributed by atoms with Crippen LogP contribution >= 0.6 is 39.5 Å². The fourth-order valence-electron chi connectivity index (χ4n) is 2.74. The van der Waals surface area contributed by atoms with Crippen molar-refractivity contribution in [1.29, 1.82) is 0 Å². The van der Waals surface area contributed by atoms with Gasteiger partial charge in [0.1, 0.15) is 5.75 Å². The number of nitrogens with zero attached hydrogens (tertiary/aromatic N) is 1. The van der Waals surface area contributed by atoms with E-state index in [9.17, 15) is 9.59 Å². The highest BCUT2D eigenvalue weighted by molar-refractivity contribution is 9.10. The van der Waals surface area contributed by atoms with Crippen LogP contribution in [0.2, 0.25) is 0 Å². The Hall–Kier alpha value is -2.37. The Morgan fingerprint density at radius 3 is 2.48 bits per heavy atom. The predicted octanol–water partition coefficient (Wildman–Crippen LogP) is 4.02. The minimum absolute atomic E-state index is 0.158. The average molecular weight is 555 g/mol. The SMILES string of the molecule is COC(=O)COc1cc(Br)c(/C=N\NC(=O)COc2ccc(C3SCCS3)cc2)cc1OC. The fraction of sp³-hybridized carbons (Fsp3) is 0.318. The number of rotatable bonds is 10. The van der Waals surface area contributed by atoms with Gasteiger partial charge in [-0.25, -0.2) is 10.2 Å². The minimum atomic E-state index is -0.508. The molecule has 2 aromatic rings. The lowest BCUT2D eigenvalue weighted by Gasteiger charge is -2.12. The Labute approximate surface area is 208 Å². The maximum Gasteiger partial charge on any atom is 0.343 e. The topological polar surface area (TPSA) is 95.5 Å². The van der Waals surface area contributed by atoms with Gasteiger partial charge in [0.25, 0.3) is 5.91 Å². The molecule has 1 fully saturated rings. The highest BCUT2D eigenvalue weighted by Crippen LogP contribution is 2.45. The number of carbonyl (C=O) groups excluding carboxylic acids is 2. The van der Waals surface area contributed by atoms with Crippen molar-refractivity contribution in [2.45, 2.75) is 4.58 Å². The highest BCUT2D eigenvalue weighted by Gasteiger charge is 2.18. The van der Waals surface area contributed by atoms with E-state index in [4.69, 9.17) is 14.2 Å². The summed E-state index contributed by atoms with van der Waals surface area (Å²) in [5.41, 5.74) is 4.32. The molecule has 0 bridgehead atoms. The van der Waals surface area contributed by atoms with Gasteiger partial charge in [-0.15, -0.1) is 23.5 Å². The van der Waals surface area contributed by atoms with E-state index < -0.39 is 11.9 Å². The number of hydrazone groups is 1. The molecule has 33 heavy (non-hydrogen) atoms. The van der Waals surface area contributed by atoms with Crippen LogP contribution in [0.3, 0.4) is 0 Å². The molecule has 0 atom stereocenters. The van der Waals surface area contributed by atoms with E-state index >= 15 is 0 Å². The Morgan fingerprint density at radius 2 is 1.82 bits per heavy atom. The van der Waals surface area contributed by atoms with E-state index in [2.05, 4.69) is 31.2 Å². The third-order valence-electron chi connectivity index (χ3n) is 4.39. The molecule has 2 aromatic carbocycles. The van der Waals surface area contributed by atoms with Gasteiger partial charge in [0, 0.05) is 21.5 Å². The summed E-state index contributed by atoms with van der Waals surface area (Å²) >= 11 is 7.29. The molecule has 0 radical (unpaired) electrons. The molecule has 0 spiro atoms. The van der Waals surface area contributed by atoms with Crippen LogP contribution in [0, 0.1) is 0 Å². The zero-order valence-electron chi connectivity index (χ0n) is 18.0. The predicted molar refractivity (Wildman–Crippen MR) is 134 cm³/mol. The number of halogens is 1. The third-order valence-corrected chi connectivity index (χ3v) is 8.18. The second-order valence-corrected chi connectivity index (χ2v) is 10.2. The van der Waals surface area contributed by atoms with Gasteiger partial charge in [-0.2, -0.15) is 5.10 Å². The molecular formula is C22H23BrN2O6S2. The van der Waals surface area contributed by atoms with Crippen molar-refractivity contribution >= 4 is 57.5 Å². The van der Waals surface area contributed by atoms with Gasteiger partial charge in [-0.1, -0.05) is 12.1 Å². The Kier molecular flexibility index (Phi) is 9.76. The number of ether oxygens (including phenoxy) is 4. The molecule has 0 aromatic heterocycles. The molecule has 0 saturated carbocycles. The first kappa shape index (κ1) is 25.3. The number of carbonyl (C=O) groups is 2. The summed E-state index contributed by atoms with van der Waals surface area (Å²) in [6.45, 7) is -0.404. The van der Waals surface area contributed by atoms with Gasteiger partial charge in [0.15, 0.2) is 24.7 Å². The zero-order valence-corrected chi connectivity index (χ0v) is 21.3. The number of benzene rings is 2. The summed E-state index contributed by atoms with van der Waals surface area (Å²) in [5, 5.41) is 3.96. The number of thioether (sulfide) groups is 2. The Bertz CT molecular complexity index is 997. The first-order chi connectivity index (χ1) is 16.0. The minimum Gasteiger partial charge on any atom is -0.493 e. The highest BCUT2D eigenvalue weighted by atomic mass is 79.9. The van der Waals surface area contributed by atoms with Crippen molar-refractivity contribution in [2.24, 2.45) is 5.10 Å². The van der Waals surface area contributed by atoms with Crippen molar-refractivity contribution in [3.05, 3.63) is 52.0 Å². The van der Waals surface area contributed by atoms with E-state index in [0.29, 0.717) is 31.9 Å². The van der Waals surface area contributed by atoms with Gasteiger partial charge in [-0.3, -0.25) is 4.79 Å². The van der Waals surface area contributed by atoms with Crippen LogP contribution in [-0.2, 0) is 14.3 Å². The number of nitrogens with one attached hydrogen (secondary N) is 1. The van der Waals surface area contributed by atoms with Crippen molar-refractivity contribution in [3.8, 4) is 17.2 Å². The third kappa shape index (κ3) is 7.58. The molecule has 1 N–H and O–H groups in total. The molecular weight excluding hydrogens is 532 g/mol. The lowest BCUT2D eigenvalue weighted by molar-refractivity contribution is -0.142. The van der Waals surface area contributed by atoms with Crippen LogP contribution in [0.15, 0.2) is 46.0 Å². The largest absolute Gasteiger partial charge is 0.493 e. The average Bonchev–Trinajstić information content (AvgIpc) is 3.37. The van der Waals surface area contributed by atoms with Crippen molar-refractivity contribution in [1.82, 2.24) is 5.43 Å². The molecule has 176 valence electrons. The number of hydrogen-bond donors (Lipinski definition) is 1. The first-order valence-corrected chi connectivity index (χ1v) is 12.7. The van der Waals surface area contributed by atoms with Gasteiger partial charge < -0.3 is 18.9 Å². The maximum absolute atomic E-state index is 12.1. The van der Waals surface area contributed by atoms with Gasteiger partial charge in [0.2, 0.25) is 0 Å².